The van der Waals surface area contributed by atoms with Crippen molar-refractivity contribution in [2.75, 3.05) is 5.75 Å². The lowest BCUT2D eigenvalue weighted by Crippen LogP contribution is -2.38. The molecule has 1 amide bonds. The molecule has 0 spiro atoms. The predicted octanol–water partition coefficient (Wildman–Crippen LogP) is 5.33. The zero-order valence-electron chi connectivity index (χ0n) is 22.4. The summed E-state index contributed by atoms with van der Waals surface area (Å²) in [5, 5.41) is 12.2. The van der Waals surface area contributed by atoms with Gasteiger partial charge in [-0.1, -0.05) is 73.7 Å². The lowest BCUT2D eigenvalue weighted by atomic mass is 9.91. The smallest absolute Gasteiger partial charge is 0.303 e. The molecule has 1 heterocycles. The number of aliphatic hydroxyl groups excluding tert-OH is 1. The van der Waals surface area contributed by atoms with Gasteiger partial charge in [0.15, 0.2) is 12.4 Å². The maximum atomic E-state index is 12.2. The van der Waals surface area contributed by atoms with Crippen LogP contribution < -0.4 is 5.32 Å². The number of ether oxygens (including phenoxy) is 3. The maximum Gasteiger partial charge on any atom is 0.303 e. The summed E-state index contributed by atoms with van der Waals surface area (Å²) in [6, 6.07) is 25.9. The molecule has 206 valence electrons. The molecular formula is C31H35NO6S. The number of hydrogen-bond donors (Lipinski definition) is 2. The highest BCUT2D eigenvalue weighted by Crippen LogP contribution is 2.43. The topological polar surface area (TPSA) is 94.1 Å². The van der Waals surface area contributed by atoms with Crippen molar-refractivity contribution in [2.45, 2.75) is 63.4 Å². The predicted molar refractivity (Wildman–Crippen MR) is 150 cm³/mol. The van der Waals surface area contributed by atoms with Crippen molar-refractivity contribution < 1.29 is 28.9 Å². The van der Waals surface area contributed by atoms with Crippen LogP contribution in [0.15, 0.2) is 83.8 Å². The summed E-state index contributed by atoms with van der Waals surface area (Å²) >= 11 is 1.76. The van der Waals surface area contributed by atoms with E-state index < -0.39 is 18.4 Å². The fourth-order valence-corrected chi connectivity index (χ4v) is 5.52. The lowest BCUT2D eigenvalue weighted by molar-refractivity contribution is -0.268. The molecule has 0 bridgehead atoms. The van der Waals surface area contributed by atoms with E-state index in [1.807, 2.05) is 66.7 Å². The Kier molecular flexibility index (Phi) is 10.2. The minimum atomic E-state index is -0.845. The Morgan fingerprint density at radius 2 is 1.59 bits per heavy atom. The van der Waals surface area contributed by atoms with Gasteiger partial charge in [0.1, 0.15) is 0 Å². The molecule has 1 aliphatic heterocycles. The highest BCUT2D eigenvalue weighted by molar-refractivity contribution is 7.99. The first-order valence-corrected chi connectivity index (χ1v) is 14.0. The van der Waals surface area contributed by atoms with Gasteiger partial charge in [-0.05, 0) is 35.7 Å². The minimum Gasteiger partial charge on any atom is -0.453 e. The van der Waals surface area contributed by atoms with E-state index in [4.69, 9.17) is 14.2 Å². The Morgan fingerprint density at radius 1 is 0.949 bits per heavy atom. The van der Waals surface area contributed by atoms with E-state index in [-0.39, 0.29) is 30.6 Å². The van der Waals surface area contributed by atoms with Crippen molar-refractivity contribution >= 4 is 23.6 Å². The average Bonchev–Trinajstić information content (AvgIpc) is 2.96. The van der Waals surface area contributed by atoms with Gasteiger partial charge < -0.3 is 24.6 Å². The number of rotatable bonds is 10. The van der Waals surface area contributed by atoms with Gasteiger partial charge in [-0.2, -0.15) is 0 Å². The van der Waals surface area contributed by atoms with Gasteiger partial charge >= 0.3 is 5.97 Å². The van der Waals surface area contributed by atoms with Gasteiger partial charge in [0.05, 0.1) is 18.8 Å². The Bertz CT molecular complexity index is 1220. The minimum absolute atomic E-state index is 0.00109. The number of hydrogen-bond acceptors (Lipinski definition) is 7. The van der Waals surface area contributed by atoms with Crippen molar-refractivity contribution in [1.82, 2.24) is 5.32 Å². The molecule has 0 unspecified atom stereocenters. The van der Waals surface area contributed by atoms with E-state index in [0.717, 1.165) is 28.0 Å². The standard InChI is InChI=1S/C31H35NO6S/c1-20-28(19-39-27-7-5-4-6-8-27)37-31(38-29(20)25-13-11-24(18-33)12-14-25)26-15-9-23(10-16-26)17-32-30(35)21(2)36-22(3)34/h4-16,20-21,28-29,31,33H,17-19H2,1-3H3,(H,32,35)/t20-,21-,28+,29+,31+/m0/s1. The van der Waals surface area contributed by atoms with Crippen LogP contribution in [0.2, 0.25) is 0 Å². The molecule has 3 aromatic rings. The molecule has 1 saturated heterocycles. The summed E-state index contributed by atoms with van der Waals surface area (Å²) in [7, 11) is 0. The molecule has 4 rings (SSSR count). The molecule has 2 N–H and O–H groups in total. The largest absolute Gasteiger partial charge is 0.453 e. The van der Waals surface area contributed by atoms with E-state index in [0.29, 0.717) is 6.54 Å². The van der Waals surface area contributed by atoms with E-state index in [1.54, 1.807) is 18.7 Å². The number of nitrogens with one attached hydrogen (secondary N) is 1. The second kappa shape index (κ2) is 13.8. The molecule has 8 heteroatoms. The maximum absolute atomic E-state index is 12.2. The molecular weight excluding hydrogens is 514 g/mol. The zero-order chi connectivity index (χ0) is 27.8. The number of benzene rings is 3. The summed E-state index contributed by atoms with van der Waals surface area (Å²) in [6.45, 7) is 5.28. The van der Waals surface area contributed by atoms with Crippen molar-refractivity contribution in [2.24, 2.45) is 5.92 Å². The lowest BCUT2D eigenvalue weighted by Gasteiger charge is -2.41. The van der Waals surface area contributed by atoms with Crippen LogP contribution in [0.3, 0.4) is 0 Å². The summed E-state index contributed by atoms with van der Waals surface area (Å²) in [4.78, 5) is 24.4. The Morgan fingerprint density at radius 3 is 2.23 bits per heavy atom. The van der Waals surface area contributed by atoms with Gasteiger partial charge in [0.25, 0.3) is 5.91 Å². The van der Waals surface area contributed by atoms with E-state index in [2.05, 4.69) is 24.4 Å². The van der Waals surface area contributed by atoms with E-state index in [9.17, 15) is 14.7 Å². The summed E-state index contributed by atoms with van der Waals surface area (Å²) < 4.78 is 18.0. The summed E-state index contributed by atoms with van der Waals surface area (Å²) in [5.74, 6) is 0.0371. The quantitative estimate of drug-likeness (QED) is 0.261. The number of aliphatic hydroxyl groups is 1. The highest BCUT2D eigenvalue weighted by atomic mass is 32.2. The molecule has 3 aromatic carbocycles. The van der Waals surface area contributed by atoms with E-state index >= 15 is 0 Å². The molecule has 0 aromatic heterocycles. The van der Waals surface area contributed by atoms with Crippen molar-refractivity contribution in [3.8, 4) is 0 Å². The highest BCUT2D eigenvalue weighted by Gasteiger charge is 2.38. The molecule has 7 nitrogen and oxygen atoms in total. The number of thioether (sulfide) groups is 1. The van der Waals surface area contributed by atoms with Crippen LogP contribution in [-0.2, 0) is 37.0 Å². The zero-order valence-corrected chi connectivity index (χ0v) is 23.2. The normalized spacial score (nSPS) is 21.6. The van der Waals surface area contributed by atoms with Gasteiger partial charge in [0, 0.05) is 35.6 Å². The fraction of sp³-hybridized carbons (Fsp3) is 0.355. The number of amides is 1. The number of carbonyl (C=O) groups is 2. The SMILES string of the molecule is CC(=O)O[C@@H](C)C(=O)NCc1ccc([C@@H]2O[C@H](CSc3ccccc3)[C@H](C)[C@H](c3ccc(CO)cc3)O2)cc1. The third-order valence-corrected chi connectivity index (χ3v) is 7.81. The van der Waals surface area contributed by atoms with Gasteiger partial charge in [-0.3, -0.25) is 9.59 Å². The molecule has 1 fully saturated rings. The third-order valence-electron chi connectivity index (χ3n) is 6.71. The Balaban J connectivity index is 1.47. The molecule has 0 saturated carbocycles. The first kappa shape index (κ1) is 28.8. The van der Waals surface area contributed by atoms with Crippen molar-refractivity contribution in [1.29, 1.82) is 0 Å². The van der Waals surface area contributed by atoms with Crippen LogP contribution in [0.1, 0.15) is 55.4 Å². The molecule has 0 aliphatic carbocycles. The van der Waals surface area contributed by atoms with E-state index in [1.165, 1.54) is 11.8 Å². The van der Waals surface area contributed by atoms with Crippen LogP contribution in [0, 0.1) is 5.92 Å². The van der Waals surface area contributed by atoms with Crippen LogP contribution in [-0.4, -0.2) is 34.9 Å². The van der Waals surface area contributed by atoms with Crippen LogP contribution in [0.5, 0.6) is 0 Å². The Labute approximate surface area is 233 Å². The van der Waals surface area contributed by atoms with Crippen LogP contribution in [0.4, 0.5) is 0 Å². The molecule has 0 radical (unpaired) electrons. The first-order chi connectivity index (χ1) is 18.8. The summed E-state index contributed by atoms with van der Waals surface area (Å²) in [5.41, 5.74) is 3.69. The second-order valence-electron chi connectivity index (χ2n) is 9.66. The van der Waals surface area contributed by atoms with Crippen molar-refractivity contribution in [3.05, 3.63) is 101 Å². The van der Waals surface area contributed by atoms with Gasteiger partial charge in [-0.25, -0.2) is 0 Å². The molecule has 39 heavy (non-hydrogen) atoms. The molecule has 1 aliphatic rings. The number of carbonyl (C=O) groups excluding carboxylic acids is 2. The number of esters is 1. The van der Waals surface area contributed by atoms with Crippen molar-refractivity contribution in [3.63, 3.8) is 0 Å². The van der Waals surface area contributed by atoms with Gasteiger partial charge in [-0.15, -0.1) is 11.8 Å². The first-order valence-electron chi connectivity index (χ1n) is 13.1. The average molecular weight is 550 g/mol. The van der Waals surface area contributed by atoms with Crippen LogP contribution in [0.25, 0.3) is 0 Å². The molecule has 5 atom stereocenters. The Hall–Kier alpha value is -3.17. The van der Waals surface area contributed by atoms with Crippen LogP contribution >= 0.6 is 11.8 Å². The fourth-order valence-electron chi connectivity index (χ4n) is 4.43. The van der Waals surface area contributed by atoms with Gasteiger partial charge in [0.2, 0.25) is 0 Å². The second-order valence-corrected chi connectivity index (χ2v) is 10.8. The third kappa shape index (κ3) is 7.92. The monoisotopic (exact) mass is 549 g/mol. The summed E-state index contributed by atoms with van der Waals surface area (Å²) in [6.07, 6.45) is -1.64.